The average molecular weight is 278 g/mol. The Morgan fingerprint density at radius 3 is 2.89 bits per heavy atom. The molecule has 2 aromatic heterocycles. The number of carbonyl (C=O) groups excluding carboxylic acids is 1. The molecule has 100 valence electrons. The van der Waals surface area contributed by atoms with Gasteiger partial charge < -0.3 is 16.2 Å². The molecule has 0 fully saturated rings. The van der Waals surface area contributed by atoms with Crippen LogP contribution in [0.1, 0.15) is 23.0 Å². The lowest BCUT2D eigenvalue weighted by Gasteiger charge is -2.22. The third kappa shape index (κ3) is 3.07. The number of rotatable bonds is 4. The maximum atomic E-state index is 11.9. The molecule has 2 heterocycles. The van der Waals surface area contributed by atoms with Crippen LogP contribution < -0.4 is 11.1 Å². The van der Waals surface area contributed by atoms with Gasteiger partial charge in [0.15, 0.2) is 11.5 Å². The van der Waals surface area contributed by atoms with Crippen LogP contribution in [0.15, 0.2) is 29.2 Å². The van der Waals surface area contributed by atoms with Crippen molar-refractivity contribution in [2.24, 2.45) is 0 Å². The SMILES string of the molecule is CC(O)(CNC(=O)c1nccnc1N)c1ccsc1. The third-order valence-corrected chi connectivity index (χ3v) is 3.36. The molecule has 0 spiro atoms. The number of anilines is 1. The van der Waals surface area contributed by atoms with Crippen molar-refractivity contribution in [3.63, 3.8) is 0 Å². The molecule has 0 saturated heterocycles. The van der Waals surface area contributed by atoms with Crippen molar-refractivity contribution in [2.45, 2.75) is 12.5 Å². The summed E-state index contributed by atoms with van der Waals surface area (Å²) in [5.74, 6) is -0.392. The molecule has 2 aromatic rings. The maximum Gasteiger partial charge on any atom is 0.273 e. The number of thiophene rings is 1. The maximum absolute atomic E-state index is 11.9. The number of nitrogen functional groups attached to an aromatic ring is 1. The van der Waals surface area contributed by atoms with E-state index in [9.17, 15) is 9.90 Å². The van der Waals surface area contributed by atoms with E-state index in [1.54, 1.807) is 6.92 Å². The number of carbonyl (C=O) groups is 1. The molecule has 19 heavy (non-hydrogen) atoms. The molecule has 0 aliphatic heterocycles. The van der Waals surface area contributed by atoms with Crippen molar-refractivity contribution < 1.29 is 9.90 Å². The second kappa shape index (κ2) is 5.33. The zero-order valence-electron chi connectivity index (χ0n) is 10.3. The Hall–Kier alpha value is -1.99. The summed E-state index contributed by atoms with van der Waals surface area (Å²) in [6, 6.07) is 1.81. The Morgan fingerprint density at radius 2 is 2.26 bits per heavy atom. The Labute approximate surface area is 114 Å². The summed E-state index contributed by atoms with van der Waals surface area (Å²) in [6.07, 6.45) is 2.80. The first kappa shape index (κ1) is 13.4. The average Bonchev–Trinajstić information content (AvgIpc) is 2.91. The normalized spacial score (nSPS) is 13.8. The van der Waals surface area contributed by atoms with Gasteiger partial charge in [0.05, 0.1) is 6.54 Å². The monoisotopic (exact) mass is 278 g/mol. The summed E-state index contributed by atoms with van der Waals surface area (Å²) < 4.78 is 0. The van der Waals surface area contributed by atoms with Crippen LogP contribution in [-0.4, -0.2) is 27.5 Å². The third-order valence-electron chi connectivity index (χ3n) is 2.68. The van der Waals surface area contributed by atoms with Crippen LogP contribution in [0, 0.1) is 0 Å². The number of hydrogen-bond donors (Lipinski definition) is 3. The van der Waals surface area contributed by atoms with E-state index >= 15 is 0 Å². The lowest BCUT2D eigenvalue weighted by Crippen LogP contribution is -2.38. The molecule has 4 N–H and O–H groups in total. The molecule has 1 unspecified atom stereocenters. The van der Waals surface area contributed by atoms with Gasteiger partial charge in [-0.3, -0.25) is 4.79 Å². The highest BCUT2D eigenvalue weighted by Crippen LogP contribution is 2.22. The van der Waals surface area contributed by atoms with Crippen molar-refractivity contribution in [2.75, 3.05) is 12.3 Å². The number of hydrogen-bond acceptors (Lipinski definition) is 6. The Bertz CT molecular complexity index is 569. The van der Waals surface area contributed by atoms with Gasteiger partial charge in [-0.1, -0.05) is 0 Å². The molecule has 0 aliphatic carbocycles. The smallest absolute Gasteiger partial charge is 0.273 e. The van der Waals surface area contributed by atoms with Crippen LogP contribution in [0.5, 0.6) is 0 Å². The highest BCUT2D eigenvalue weighted by Gasteiger charge is 2.25. The van der Waals surface area contributed by atoms with Gasteiger partial charge in [0.25, 0.3) is 5.91 Å². The van der Waals surface area contributed by atoms with Gasteiger partial charge in [-0.05, 0) is 29.3 Å². The van der Waals surface area contributed by atoms with Crippen LogP contribution in [0.2, 0.25) is 0 Å². The summed E-state index contributed by atoms with van der Waals surface area (Å²) in [7, 11) is 0. The number of aromatic nitrogens is 2. The van der Waals surface area contributed by atoms with E-state index < -0.39 is 11.5 Å². The highest BCUT2D eigenvalue weighted by atomic mass is 32.1. The predicted octanol–water partition coefficient (Wildman–Crippen LogP) is 0.758. The number of aliphatic hydroxyl groups is 1. The Kier molecular flexibility index (Phi) is 3.77. The van der Waals surface area contributed by atoms with Crippen molar-refractivity contribution in [1.82, 2.24) is 15.3 Å². The van der Waals surface area contributed by atoms with Crippen molar-refractivity contribution in [1.29, 1.82) is 0 Å². The minimum Gasteiger partial charge on any atom is -0.384 e. The van der Waals surface area contributed by atoms with Gasteiger partial charge in [0.2, 0.25) is 0 Å². The summed E-state index contributed by atoms with van der Waals surface area (Å²) in [5.41, 5.74) is 5.24. The fourth-order valence-electron chi connectivity index (χ4n) is 1.53. The first-order chi connectivity index (χ1) is 9.00. The molecule has 1 atom stereocenters. The molecule has 0 radical (unpaired) electrons. The largest absolute Gasteiger partial charge is 0.384 e. The molecule has 1 amide bonds. The molecule has 0 aliphatic rings. The van der Waals surface area contributed by atoms with E-state index in [0.717, 1.165) is 5.56 Å². The van der Waals surface area contributed by atoms with E-state index in [1.807, 2.05) is 16.8 Å². The highest BCUT2D eigenvalue weighted by molar-refractivity contribution is 7.08. The number of nitrogens with zero attached hydrogens (tertiary/aromatic N) is 2. The molecule has 0 saturated carbocycles. The summed E-state index contributed by atoms with van der Waals surface area (Å²) in [4.78, 5) is 19.5. The summed E-state index contributed by atoms with van der Waals surface area (Å²) in [6.45, 7) is 1.70. The molecule has 7 heteroatoms. The van der Waals surface area contributed by atoms with E-state index in [0.29, 0.717) is 0 Å². The Morgan fingerprint density at radius 1 is 1.53 bits per heavy atom. The van der Waals surface area contributed by atoms with Gasteiger partial charge >= 0.3 is 0 Å². The summed E-state index contributed by atoms with van der Waals surface area (Å²) >= 11 is 1.48. The number of nitrogens with two attached hydrogens (primary N) is 1. The quantitative estimate of drug-likeness (QED) is 0.766. The van der Waals surface area contributed by atoms with Gasteiger partial charge in [0.1, 0.15) is 5.60 Å². The van der Waals surface area contributed by atoms with Gasteiger partial charge in [-0.25, -0.2) is 9.97 Å². The zero-order valence-corrected chi connectivity index (χ0v) is 11.1. The predicted molar refractivity (Wildman–Crippen MR) is 72.7 cm³/mol. The van der Waals surface area contributed by atoms with Gasteiger partial charge in [-0.15, -0.1) is 0 Å². The molecule has 0 bridgehead atoms. The van der Waals surface area contributed by atoms with Crippen molar-refractivity contribution in [3.8, 4) is 0 Å². The van der Waals surface area contributed by atoms with Crippen LogP contribution >= 0.6 is 11.3 Å². The zero-order chi connectivity index (χ0) is 13.9. The minimum atomic E-state index is -1.13. The van der Waals surface area contributed by atoms with Gasteiger partial charge in [-0.2, -0.15) is 11.3 Å². The summed E-state index contributed by atoms with van der Waals surface area (Å²) in [5, 5.41) is 16.6. The first-order valence-electron chi connectivity index (χ1n) is 5.60. The van der Waals surface area contributed by atoms with Crippen molar-refractivity contribution in [3.05, 3.63) is 40.5 Å². The lowest BCUT2D eigenvalue weighted by atomic mass is 9.99. The van der Waals surface area contributed by atoms with Crippen molar-refractivity contribution >= 4 is 23.1 Å². The van der Waals surface area contributed by atoms with Crippen LogP contribution in [0.25, 0.3) is 0 Å². The number of nitrogens with one attached hydrogen (secondary N) is 1. The molecule has 6 nitrogen and oxygen atoms in total. The van der Waals surface area contributed by atoms with E-state index in [2.05, 4.69) is 15.3 Å². The fourth-order valence-corrected chi connectivity index (χ4v) is 2.32. The van der Waals surface area contributed by atoms with Gasteiger partial charge in [0, 0.05) is 12.4 Å². The minimum absolute atomic E-state index is 0.0589. The van der Waals surface area contributed by atoms with E-state index in [-0.39, 0.29) is 18.1 Å². The standard InChI is InChI=1S/C12H14N4O2S/c1-12(18,8-2-5-19-6-8)7-16-11(17)9-10(13)15-4-3-14-9/h2-6,18H,7H2,1H3,(H2,13,15)(H,16,17). The Balaban J connectivity index is 2.03. The topological polar surface area (TPSA) is 101 Å². The van der Waals surface area contributed by atoms with E-state index in [1.165, 1.54) is 23.7 Å². The van der Waals surface area contributed by atoms with E-state index in [4.69, 9.17) is 5.73 Å². The molecular formula is C12H14N4O2S. The second-order valence-corrected chi connectivity index (χ2v) is 5.04. The molecule has 2 rings (SSSR count). The first-order valence-corrected chi connectivity index (χ1v) is 6.55. The fraction of sp³-hybridized carbons (Fsp3) is 0.250. The molecule has 0 aromatic carbocycles. The van der Waals surface area contributed by atoms with Crippen LogP contribution in [0.3, 0.4) is 0 Å². The van der Waals surface area contributed by atoms with Crippen LogP contribution in [-0.2, 0) is 5.60 Å². The number of amides is 1. The molecular weight excluding hydrogens is 264 g/mol. The second-order valence-electron chi connectivity index (χ2n) is 4.26. The lowest BCUT2D eigenvalue weighted by molar-refractivity contribution is 0.0529. The van der Waals surface area contributed by atoms with Crippen LogP contribution in [0.4, 0.5) is 5.82 Å².